The van der Waals surface area contributed by atoms with Gasteiger partial charge in [-0.15, -0.1) is 0 Å². The number of anilines is 1. The fraction of sp³-hybridized carbons (Fsp3) is 0.0800. The molecule has 1 N–H and O–H groups in total. The molecule has 1 fully saturated rings. The molecule has 1 saturated heterocycles. The number of hydrogen-bond donors (Lipinski definition) is 1. The van der Waals surface area contributed by atoms with Crippen molar-refractivity contribution in [3.8, 4) is 5.75 Å². The van der Waals surface area contributed by atoms with Gasteiger partial charge in [-0.3, -0.25) is 19.3 Å². The lowest BCUT2D eigenvalue weighted by atomic mass is 10.1. The van der Waals surface area contributed by atoms with E-state index in [1.807, 2.05) is 6.07 Å². The number of halogens is 3. The summed E-state index contributed by atoms with van der Waals surface area (Å²) in [5.74, 6) is -0.994. The zero-order valence-corrected chi connectivity index (χ0v) is 21.1. The Bertz CT molecular complexity index is 1340. The highest BCUT2D eigenvalue weighted by Gasteiger charge is 2.35. The zero-order valence-electron chi connectivity index (χ0n) is 18.0. The number of benzene rings is 3. The Kier molecular flexibility index (Phi) is 7.90. The molecule has 3 aromatic carbocycles. The van der Waals surface area contributed by atoms with Crippen LogP contribution < -0.4 is 10.1 Å². The van der Waals surface area contributed by atoms with Crippen molar-refractivity contribution in [2.75, 3.05) is 11.9 Å². The number of carbonyl (C=O) groups excluding carboxylic acids is 3. The number of amides is 3. The molecule has 0 unspecified atom stereocenters. The molecule has 10 heteroatoms. The smallest absolute Gasteiger partial charge is 0.293 e. The number of imide groups is 1. The molecule has 0 aromatic heterocycles. The van der Waals surface area contributed by atoms with Gasteiger partial charge in [0.1, 0.15) is 11.6 Å². The van der Waals surface area contributed by atoms with E-state index >= 15 is 0 Å². The van der Waals surface area contributed by atoms with E-state index < -0.39 is 17.0 Å². The van der Waals surface area contributed by atoms with Gasteiger partial charge in [0.15, 0.2) is 6.61 Å². The van der Waals surface area contributed by atoms with Crippen LogP contribution in [0.1, 0.15) is 11.1 Å². The quantitative estimate of drug-likeness (QED) is 0.326. The first-order valence-electron chi connectivity index (χ1n) is 10.3. The molecule has 0 atom stereocenters. The third-order valence-electron chi connectivity index (χ3n) is 4.89. The number of para-hydroxylation sites is 1. The largest absolute Gasteiger partial charge is 0.483 e. The van der Waals surface area contributed by atoms with Crippen LogP contribution in [-0.4, -0.2) is 28.6 Å². The number of rotatable bonds is 7. The second-order valence-corrected chi connectivity index (χ2v) is 9.70. The van der Waals surface area contributed by atoms with Crippen molar-refractivity contribution in [1.82, 2.24) is 4.90 Å². The summed E-state index contributed by atoms with van der Waals surface area (Å²) >= 11 is 10.2. The van der Waals surface area contributed by atoms with Gasteiger partial charge in [-0.2, -0.15) is 0 Å². The Labute approximate surface area is 218 Å². The maximum absolute atomic E-state index is 13.3. The minimum atomic E-state index is -0.507. The molecule has 0 saturated carbocycles. The van der Waals surface area contributed by atoms with Crippen LogP contribution in [0.4, 0.5) is 14.9 Å². The van der Waals surface area contributed by atoms with Crippen molar-refractivity contribution in [2.45, 2.75) is 6.54 Å². The van der Waals surface area contributed by atoms with Crippen LogP contribution in [0.2, 0.25) is 5.02 Å². The monoisotopic (exact) mass is 574 g/mol. The molecule has 0 aliphatic carbocycles. The highest BCUT2D eigenvalue weighted by atomic mass is 79.9. The summed E-state index contributed by atoms with van der Waals surface area (Å²) in [6.45, 7) is -0.329. The third-order valence-corrected chi connectivity index (χ3v) is 6.64. The van der Waals surface area contributed by atoms with Crippen molar-refractivity contribution < 1.29 is 23.5 Å². The molecule has 0 bridgehead atoms. The highest BCUT2D eigenvalue weighted by molar-refractivity contribution is 9.10. The minimum absolute atomic E-state index is 0.0807. The van der Waals surface area contributed by atoms with Gasteiger partial charge in [0.05, 0.1) is 11.4 Å². The summed E-state index contributed by atoms with van der Waals surface area (Å²) in [5.41, 5.74) is 1.61. The average molecular weight is 576 g/mol. The maximum atomic E-state index is 13.3. The van der Waals surface area contributed by atoms with Gasteiger partial charge in [0, 0.05) is 20.7 Å². The molecule has 6 nitrogen and oxygen atoms in total. The van der Waals surface area contributed by atoms with Crippen LogP contribution in [0, 0.1) is 5.82 Å². The minimum Gasteiger partial charge on any atom is -0.483 e. The van der Waals surface area contributed by atoms with Crippen LogP contribution in [-0.2, 0) is 16.1 Å². The molecule has 178 valence electrons. The Hall–Kier alpha value is -3.14. The SMILES string of the molecule is O=C(COc1ccc(Br)cc1/C=C1\SC(=O)N(Cc2ccc(F)cc2Cl)C1=O)Nc1ccccc1. The zero-order chi connectivity index (χ0) is 24.9. The molecule has 0 spiro atoms. The van der Waals surface area contributed by atoms with Gasteiger partial charge < -0.3 is 10.1 Å². The molecule has 1 aliphatic rings. The average Bonchev–Trinajstić information content (AvgIpc) is 3.08. The van der Waals surface area contributed by atoms with Crippen LogP contribution in [0.15, 0.2) is 76.1 Å². The summed E-state index contributed by atoms with van der Waals surface area (Å²) in [7, 11) is 0. The predicted molar refractivity (Wildman–Crippen MR) is 138 cm³/mol. The summed E-state index contributed by atoms with van der Waals surface area (Å²) in [6, 6.07) is 17.9. The lowest BCUT2D eigenvalue weighted by Gasteiger charge is -2.13. The maximum Gasteiger partial charge on any atom is 0.293 e. The normalized spacial score (nSPS) is 14.5. The van der Waals surface area contributed by atoms with Gasteiger partial charge in [-0.1, -0.05) is 51.8 Å². The van der Waals surface area contributed by atoms with Crippen molar-refractivity contribution in [3.63, 3.8) is 0 Å². The fourth-order valence-corrected chi connectivity index (χ4v) is 4.66. The van der Waals surface area contributed by atoms with E-state index in [0.717, 1.165) is 27.2 Å². The van der Waals surface area contributed by atoms with Crippen LogP contribution in [0.3, 0.4) is 0 Å². The molecule has 3 aromatic rings. The van der Waals surface area contributed by atoms with Crippen molar-refractivity contribution in [1.29, 1.82) is 0 Å². The predicted octanol–water partition coefficient (Wildman–Crippen LogP) is 6.50. The Morgan fingerprint density at radius 3 is 2.63 bits per heavy atom. The van der Waals surface area contributed by atoms with E-state index in [1.54, 1.807) is 42.5 Å². The second-order valence-electron chi connectivity index (χ2n) is 7.39. The second kappa shape index (κ2) is 11.1. The van der Waals surface area contributed by atoms with Crippen molar-refractivity contribution in [3.05, 3.63) is 98.1 Å². The Morgan fingerprint density at radius 1 is 1.11 bits per heavy atom. The van der Waals surface area contributed by atoms with Crippen molar-refractivity contribution >= 4 is 68.1 Å². The molecular weight excluding hydrogens is 559 g/mol. The number of hydrogen-bond acceptors (Lipinski definition) is 5. The van der Waals surface area contributed by atoms with Gasteiger partial charge >= 0.3 is 0 Å². The summed E-state index contributed by atoms with van der Waals surface area (Å²) < 4.78 is 19.7. The Balaban J connectivity index is 1.49. The van der Waals surface area contributed by atoms with Crippen LogP contribution >= 0.6 is 39.3 Å². The summed E-state index contributed by atoms with van der Waals surface area (Å²) in [4.78, 5) is 39.0. The first-order chi connectivity index (χ1) is 16.8. The van der Waals surface area contributed by atoms with Gasteiger partial charge in [-0.05, 0) is 65.9 Å². The third kappa shape index (κ3) is 6.30. The van der Waals surface area contributed by atoms with Crippen LogP contribution in [0.25, 0.3) is 6.08 Å². The summed E-state index contributed by atoms with van der Waals surface area (Å²) in [6.07, 6.45) is 1.53. The number of carbonyl (C=O) groups is 3. The molecule has 0 radical (unpaired) electrons. The molecule has 1 aliphatic heterocycles. The van der Waals surface area contributed by atoms with E-state index in [9.17, 15) is 18.8 Å². The number of ether oxygens (including phenoxy) is 1. The standard InChI is InChI=1S/C25H17BrClFN2O4S/c26-17-7-9-21(34-14-23(31)29-19-4-2-1-3-5-19)16(10-17)11-22-24(32)30(25(33)35-22)13-15-6-8-18(28)12-20(15)27/h1-12H,13-14H2,(H,29,31)/b22-11-. The van der Waals surface area contributed by atoms with E-state index in [1.165, 1.54) is 18.2 Å². The van der Waals surface area contributed by atoms with E-state index in [-0.39, 0.29) is 29.0 Å². The van der Waals surface area contributed by atoms with Gasteiger partial charge in [-0.25, -0.2) is 4.39 Å². The molecule has 1 heterocycles. The summed E-state index contributed by atoms with van der Waals surface area (Å²) in [5, 5.41) is 2.39. The first-order valence-corrected chi connectivity index (χ1v) is 12.3. The number of nitrogens with one attached hydrogen (secondary N) is 1. The van der Waals surface area contributed by atoms with Gasteiger partial charge in [0.2, 0.25) is 0 Å². The lowest BCUT2D eigenvalue weighted by Crippen LogP contribution is -2.27. The van der Waals surface area contributed by atoms with Crippen molar-refractivity contribution in [2.24, 2.45) is 0 Å². The van der Waals surface area contributed by atoms with Gasteiger partial charge in [0.25, 0.3) is 17.1 Å². The van der Waals surface area contributed by atoms with E-state index in [2.05, 4.69) is 21.2 Å². The Morgan fingerprint density at radius 2 is 1.89 bits per heavy atom. The number of thioether (sulfide) groups is 1. The highest BCUT2D eigenvalue weighted by Crippen LogP contribution is 2.36. The molecular formula is C25H17BrClFN2O4S. The topological polar surface area (TPSA) is 75.7 Å². The van der Waals surface area contributed by atoms with E-state index in [0.29, 0.717) is 22.6 Å². The molecule has 3 amide bonds. The fourth-order valence-electron chi connectivity index (χ4n) is 3.22. The molecule has 4 rings (SSSR count). The lowest BCUT2D eigenvalue weighted by molar-refractivity contribution is -0.123. The first kappa shape index (κ1) is 25.0. The molecule has 35 heavy (non-hydrogen) atoms. The van der Waals surface area contributed by atoms with E-state index in [4.69, 9.17) is 16.3 Å². The van der Waals surface area contributed by atoms with Crippen LogP contribution in [0.5, 0.6) is 5.75 Å². The number of nitrogens with zero attached hydrogens (tertiary/aromatic N) is 1.